The Kier molecular flexibility index (Phi) is 6.97. The zero-order valence-corrected chi connectivity index (χ0v) is 12.4. The number of rotatable bonds is 7. The van der Waals surface area contributed by atoms with Crippen molar-refractivity contribution in [2.45, 2.75) is 26.3 Å². The van der Waals surface area contributed by atoms with Gasteiger partial charge in [0.25, 0.3) is 0 Å². The van der Waals surface area contributed by atoms with Crippen molar-refractivity contribution >= 4 is 23.2 Å². The van der Waals surface area contributed by atoms with Crippen LogP contribution in [0.25, 0.3) is 0 Å². The minimum Gasteiger partial charge on any atom is -0.304 e. The lowest BCUT2D eigenvalue weighted by Crippen LogP contribution is -2.33. The normalized spacial score (nSPS) is 13.0. The fourth-order valence-electron chi connectivity index (χ4n) is 1.96. The molecule has 0 aliphatic heterocycles. The summed E-state index contributed by atoms with van der Waals surface area (Å²) in [7, 11) is 0. The molecule has 0 aliphatic carbocycles. The molecule has 0 radical (unpaired) electrons. The van der Waals surface area contributed by atoms with Crippen molar-refractivity contribution in [1.82, 2.24) is 10.3 Å². The van der Waals surface area contributed by atoms with Crippen molar-refractivity contribution in [3.63, 3.8) is 0 Å². The van der Waals surface area contributed by atoms with Gasteiger partial charge in [0, 0.05) is 16.1 Å². The van der Waals surface area contributed by atoms with Crippen molar-refractivity contribution < 1.29 is 0 Å². The van der Waals surface area contributed by atoms with Gasteiger partial charge in [0.2, 0.25) is 0 Å². The summed E-state index contributed by atoms with van der Waals surface area (Å²) in [5.74, 6) is 5.62. The lowest BCUT2D eigenvalue weighted by atomic mass is 10.0. The van der Waals surface area contributed by atoms with Crippen molar-refractivity contribution in [3.8, 4) is 0 Å². The number of benzene rings is 1. The Morgan fingerprint density at radius 1 is 1.28 bits per heavy atom. The van der Waals surface area contributed by atoms with E-state index < -0.39 is 0 Å². The Balaban J connectivity index is 2.73. The topological polar surface area (TPSA) is 41.3 Å². The third-order valence-corrected chi connectivity index (χ3v) is 3.74. The summed E-state index contributed by atoms with van der Waals surface area (Å²) in [5.41, 5.74) is 3.78. The summed E-state index contributed by atoms with van der Waals surface area (Å²) in [6.07, 6.45) is 0.901. The second-order valence-electron chi connectivity index (χ2n) is 4.20. The largest absolute Gasteiger partial charge is 0.304 e. The molecule has 1 aromatic rings. The molecule has 18 heavy (non-hydrogen) atoms. The van der Waals surface area contributed by atoms with Crippen molar-refractivity contribution in [2.75, 3.05) is 19.6 Å². The average Bonchev–Trinajstić information content (AvgIpc) is 2.38. The number of halogens is 2. The van der Waals surface area contributed by atoms with E-state index in [0.717, 1.165) is 31.6 Å². The van der Waals surface area contributed by atoms with Gasteiger partial charge in [-0.3, -0.25) is 11.3 Å². The fourth-order valence-corrected chi connectivity index (χ4v) is 2.39. The first-order valence-electron chi connectivity index (χ1n) is 6.25. The zero-order chi connectivity index (χ0) is 13.5. The number of nitrogens with one attached hydrogen (secondary N) is 1. The summed E-state index contributed by atoms with van der Waals surface area (Å²) < 4.78 is 0. The van der Waals surface area contributed by atoms with Gasteiger partial charge in [0.1, 0.15) is 0 Å². The number of nitrogens with two attached hydrogens (primary N) is 1. The van der Waals surface area contributed by atoms with Gasteiger partial charge < -0.3 is 4.90 Å². The molecule has 0 amide bonds. The third kappa shape index (κ3) is 4.41. The molecule has 102 valence electrons. The molecular formula is C13H21Cl2N3. The maximum absolute atomic E-state index is 6.18. The lowest BCUT2D eigenvalue weighted by molar-refractivity contribution is 0.282. The highest BCUT2D eigenvalue weighted by Gasteiger charge is 2.14. The number of hydrazine groups is 1. The minimum absolute atomic E-state index is 0.0248. The Bertz CT molecular complexity index is 367. The van der Waals surface area contributed by atoms with E-state index in [2.05, 4.69) is 24.2 Å². The van der Waals surface area contributed by atoms with Gasteiger partial charge in [-0.2, -0.15) is 0 Å². The van der Waals surface area contributed by atoms with E-state index >= 15 is 0 Å². The van der Waals surface area contributed by atoms with Crippen LogP contribution in [-0.2, 0) is 0 Å². The fraction of sp³-hybridized carbons (Fsp3) is 0.538. The summed E-state index contributed by atoms with van der Waals surface area (Å²) in [4.78, 5) is 2.35. The van der Waals surface area contributed by atoms with Crippen molar-refractivity contribution in [1.29, 1.82) is 0 Å². The maximum Gasteiger partial charge on any atom is 0.0487 e. The van der Waals surface area contributed by atoms with Crippen LogP contribution in [0.3, 0.4) is 0 Å². The number of nitrogens with zero attached hydrogens (tertiary/aromatic N) is 1. The molecule has 1 aromatic carbocycles. The summed E-state index contributed by atoms with van der Waals surface area (Å²) in [6.45, 7) is 7.36. The highest BCUT2D eigenvalue weighted by Crippen LogP contribution is 2.27. The van der Waals surface area contributed by atoms with E-state index in [4.69, 9.17) is 29.0 Å². The molecule has 0 bridgehead atoms. The average molecular weight is 290 g/mol. The summed E-state index contributed by atoms with van der Waals surface area (Å²) in [5, 5.41) is 1.37. The highest BCUT2D eigenvalue weighted by atomic mass is 35.5. The van der Waals surface area contributed by atoms with Gasteiger partial charge in [0.15, 0.2) is 0 Å². The second-order valence-corrected chi connectivity index (χ2v) is 5.04. The number of hydrogen-bond donors (Lipinski definition) is 2. The molecule has 0 saturated carbocycles. The standard InChI is InChI=1S/C13H21Cl2N3/c1-3-18(4-2)8-7-13(17-16)11-9-10(14)5-6-12(11)15/h5-6,9,13,17H,3-4,7-8,16H2,1-2H3. The van der Waals surface area contributed by atoms with Crippen molar-refractivity contribution in [3.05, 3.63) is 33.8 Å². The molecular weight excluding hydrogens is 269 g/mol. The third-order valence-electron chi connectivity index (χ3n) is 3.16. The van der Waals surface area contributed by atoms with Crippen LogP contribution in [0.4, 0.5) is 0 Å². The first-order valence-corrected chi connectivity index (χ1v) is 7.01. The van der Waals surface area contributed by atoms with Crippen LogP contribution in [0, 0.1) is 0 Å². The SMILES string of the molecule is CCN(CC)CCC(NN)c1cc(Cl)ccc1Cl. The first kappa shape index (κ1) is 15.7. The molecule has 0 heterocycles. The summed E-state index contributed by atoms with van der Waals surface area (Å²) >= 11 is 12.2. The molecule has 3 N–H and O–H groups in total. The number of hydrogen-bond acceptors (Lipinski definition) is 3. The molecule has 0 aromatic heterocycles. The predicted molar refractivity (Wildman–Crippen MR) is 78.9 cm³/mol. The smallest absolute Gasteiger partial charge is 0.0487 e. The van der Waals surface area contributed by atoms with E-state index in [1.54, 1.807) is 12.1 Å². The Hall–Kier alpha value is -0.320. The summed E-state index contributed by atoms with van der Waals surface area (Å²) in [6, 6.07) is 5.49. The molecule has 0 fully saturated rings. The predicted octanol–water partition coefficient (Wildman–Crippen LogP) is 3.23. The van der Waals surface area contributed by atoms with Gasteiger partial charge >= 0.3 is 0 Å². The monoisotopic (exact) mass is 289 g/mol. The lowest BCUT2D eigenvalue weighted by Gasteiger charge is -2.23. The van der Waals surface area contributed by atoms with Gasteiger partial charge in [-0.25, -0.2) is 0 Å². The van der Waals surface area contributed by atoms with Crippen LogP contribution < -0.4 is 11.3 Å². The van der Waals surface area contributed by atoms with E-state index in [1.165, 1.54) is 0 Å². The van der Waals surface area contributed by atoms with Crippen LogP contribution in [0.15, 0.2) is 18.2 Å². The Morgan fingerprint density at radius 2 is 1.94 bits per heavy atom. The molecule has 0 aliphatic rings. The van der Waals surface area contributed by atoms with Gasteiger partial charge in [-0.15, -0.1) is 0 Å². The van der Waals surface area contributed by atoms with Crippen LogP contribution >= 0.6 is 23.2 Å². The van der Waals surface area contributed by atoms with E-state index in [1.807, 2.05) is 6.07 Å². The van der Waals surface area contributed by atoms with E-state index in [0.29, 0.717) is 10.0 Å². The molecule has 1 atom stereocenters. The molecule has 5 heteroatoms. The van der Waals surface area contributed by atoms with Crippen LogP contribution in [0.1, 0.15) is 31.9 Å². The minimum atomic E-state index is 0.0248. The van der Waals surface area contributed by atoms with Gasteiger partial charge in [-0.05, 0) is 49.8 Å². The maximum atomic E-state index is 6.18. The first-order chi connectivity index (χ1) is 8.62. The molecule has 0 spiro atoms. The quantitative estimate of drug-likeness (QED) is 0.598. The Labute approximate surface area is 119 Å². The van der Waals surface area contributed by atoms with Gasteiger partial charge in [0.05, 0.1) is 0 Å². The molecule has 0 saturated heterocycles. The highest BCUT2D eigenvalue weighted by molar-refractivity contribution is 6.33. The molecule has 1 rings (SSSR count). The molecule has 1 unspecified atom stereocenters. The van der Waals surface area contributed by atoms with Crippen LogP contribution in [0.2, 0.25) is 10.0 Å². The molecule has 3 nitrogen and oxygen atoms in total. The zero-order valence-electron chi connectivity index (χ0n) is 10.9. The van der Waals surface area contributed by atoms with Gasteiger partial charge in [-0.1, -0.05) is 37.0 Å². The van der Waals surface area contributed by atoms with E-state index in [-0.39, 0.29) is 6.04 Å². The van der Waals surface area contributed by atoms with Crippen LogP contribution in [-0.4, -0.2) is 24.5 Å². The Morgan fingerprint density at radius 3 is 2.50 bits per heavy atom. The van der Waals surface area contributed by atoms with E-state index in [9.17, 15) is 0 Å². The van der Waals surface area contributed by atoms with Crippen LogP contribution in [0.5, 0.6) is 0 Å². The second kappa shape index (κ2) is 7.97. The van der Waals surface area contributed by atoms with Crippen molar-refractivity contribution in [2.24, 2.45) is 5.84 Å².